The normalized spacial score (nSPS) is 34.6. The summed E-state index contributed by atoms with van der Waals surface area (Å²) >= 11 is 0. The fourth-order valence-electron chi connectivity index (χ4n) is 5.35. The molecule has 2 aliphatic heterocycles. The molecule has 2 aromatic rings. The molecule has 0 radical (unpaired) electrons. The molecule has 10 heteroatoms. The number of amides is 1. The van der Waals surface area contributed by atoms with Gasteiger partial charge >= 0.3 is 0 Å². The number of hydrogen-bond donors (Lipinski definition) is 3. The third-order valence-corrected chi connectivity index (χ3v) is 7.58. The van der Waals surface area contributed by atoms with Crippen LogP contribution in [0, 0.1) is 23.2 Å². The van der Waals surface area contributed by atoms with Crippen LogP contribution in [-0.4, -0.2) is 49.2 Å². The smallest absolute Gasteiger partial charge is 0.230 e. The number of nitrogens with one attached hydrogen (secondary N) is 3. The predicted octanol–water partition coefficient (Wildman–Crippen LogP) is 1.10. The van der Waals surface area contributed by atoms with Gasteiger partial charge in [0.05, 0.1) is 30.4 Å². The van der Waals surface area contributed by atoms with E-state index in [1.54, 1.807) is 12.4 Å². The molecule has 2 saturated carbocycles. The van der Waals surface area contributed by atoms with Crippen LogP contribution >= 0.6 is 0 Å². The summed E-state index contributed by atoms with van der Waals surface area (Å²) < 4.78 is 0. The zero-order valence-corrected chi connectivity index (χ0v) is 18.4. The number of nitrogens with zero attached hydrogens (tertiary/aromatic N) is 6. The quantitative estimate of drug-likeness (QED) is 0.619. The lowest BCUT2D eigenvalue weighted by Crippen LogP contribution is -2.68. The van der Waals surface area contributed by atoms with Crippen LogP contribution in [0.25, 0.3) is 0 Å². The summed E-state index contributed by atoms with van der Waals surface area (Å²) in [6.07, 6.45) is 11.1. The summed E-state index contributed by atoms with van der Waals surface area (Å²) in [7, 11) is 0. The third kappa shape index (κ3) is 3.57. The molecule has 4 fully saturated rings. The van der Waals surface area contributed by atoms with Crippen molar-refractivity contribution in [1.29, 1.82) is 5.26 Å². The standard InChI is InChI=1S/C23H27N9O/c1-12(14-10-27-19(28-11-14)13-3-4-13)32-22-18(17(9-24)31-32)23(33)30-21(29-22)16-6-5-15(16)20-25-7-2-8-26-20/h2,7-8,10-13,15-18,21-22,29,31H,3-6H2,1H3,(H,30,33)/t12-,15+,16+,17?,18?,21?,22?/m0/s1. The molecule has 0 spiro atoms. The Balaban J connectivity index is 1.23. The Kier molecular flexibility index (Phi) is 5.05. The van der Waals surface area contributed by atoms with Crippen LogP contribution in [0.4, 0.5) is 0 Å². The van der Waals surface area contributed by atoms with Crippen LogP contribution in [-0.2, 0) is 4.79 Å². The summed E-state index contributed by atoms with van der Waals surface area (Å²) in [6.45, 7) is 2.05. The maximum Gasteiger partial charge on any atom is 0.230 e. The van der Waals surface area contributed by atoms with Crippen LogP contribution in [0.15, 0.2) is 30.9 Å². The number of hydrogen-bond acceptors (Lipinski definition) is 9. The van der Waals surface area contributed by atoms with Crippen LogP contribution < -0.4 is 16.1 Å². The van der Waals surface area contributed by atoms with Gasteiger partial charge in [-0.25, -0.2) is 30.4 Å². The highest BCUT2D eigenvalue weighted by Crippen LogP contribution is 2.44. The molecule has 2 aliphatic carbocycles. The minimum absolute atomic E-state index is 0.0996. The molecule has 2 saturated heterocycles. The lowest BCUT2D eigenvalue weighted by Gasteiger charge is -2.47. The number of hydrazine groups is 1. The Morgan fingerprint density at radius 3 is 2.48 bits per heavy atom. The van der Waals surface area contributed by atoms with Gasteiger partial charge in [-0.2, -0.15) is 5.26 Å². The molecule has 0 bridgehead atoms. The van der Waals surface area contributed by atoms with Crippen LogP contribution in [0.5, 0.6) is 0 Å². The Morgan fingerprint density at radius 1 is 1.09 bits per heavy atom. The van der Waals surface area contributed by atoms with Crippen molar-refractivity contribution in [2.45, 2.75) is 68.9 Å². The zero-order chi connectivity index (χ0) is 22.5. The van der Waals surface area contributed by atoms with Crippen molar-refractivity contribution in [2.75, 3.05) is 0 Å². The van der Waals surface area contributed by atoms with Gasteiger partial charge in [-0.05, 0) is 38.7 Å². The fourth-order valence-corrected chi connectivity index (χ4v) is 5.35. The van der Waals surface area contributed by atoms with E-state index < -0.39 is 12.0 Å². The van der Waals surface area contributed by atoms with Crippen LogP contribution in [0.1, 0.15) is 67.7 Å². The molecule has 7 atom stereocenters. The molecular formula is C23H27N9O. The first-order valence-electron chi connectivity index (χ1n) is 11.7. The fraction of sp³-hybridized carbons (Fsp3) is 0.565. The molecule has 4 unspecified atom stereocenters. The van der Waals surface area contributed by atoms with Gasteiger partial charge in [0.25, 0.3) is 0 Å². The number of nitriles is 1. The topological polar surface area (TPSA) is 132 Å². The maximum absolute atomic E-state index is 13.1. The molecule has 4 heterocycles. The zero-order valence-electron chi connectivity index (χ0n) is 18.4. The first kappa shape index (κ1) is 20.6. The van der Waals surface area contributed by atoms with Crippen molar-refractivity contribution in [3.05, 3.63) is 48.1 Å². The second-order valence-electron chi connectivity index (χ2n) is 9.55. The van der Waals surface area contributed by atoms with E-state index in [1.807, 2.05) is 30.4 Å². The highest BCUT2D eigenvalue weighted by Gasteiger charge is 2.54. The summed E-state index contributed by atoms with van der Waals surface area (Å²) in [5.74, 6) is 2.03. The summed E-state index contributed by atoms with van der Waals surface area (Å²) in [5.41, 5.74) is 4.22. The molecule has 2 aromatic heterocycles. The number of carbonyl (C=O) groups excluding carboxylic acids is 1. The Labute approximate surface area is 192 Å². The number of aromatic nitrogens is 4. The van der Waals surface area contributed by atoms with Gasteiger partial charge in [0.15, 0.2) is 0 Å². The minimum Gasteiger partial charge on any atom is -0.340 e. The SMILES string of the molecule is C[C@@H](c1cnc(C2CC2)nc1)N1NC(C#N)C2C(=O)NC([C@@H]3CC[C@H]3c3ncccn3)NC21. The summed E-state index contributed by atoms with van der Waals surface area (Å²) in [5, 5.41) is 18.5. The molecule has 6 rings (SSSR count). The van der Waals surface area contributed by atoms with E-state index in [2.05, 4.69) is 42.1 Å². The van der Waals surface area contributed by atoms with Gasteiger partial charge in [0.2, 0.25) is 5.91 Å². The molecule has 33 heavy (non-hydrogen) atoms. The van der Waals surface area contributed by atoms with E-state index >= 15 is 0 Å². The van der Waals surface area contributed by atoms with Gasteiger partial charge in [0.1, 0.15) is 17.7 Å². The minimum atomic E-state index is -0.604. The molecule has 3 N–H and O–H groups in total. The lowest BCUT2D eigenvalue weighted by molar-refractivity contribution is -0.132. The highest BCUT2D eigenvalue weighted by molar-refractivity contribution is 5.82. The van der Waals surface area contributed by atoms with E-state index in [4.69, 9.17) is 0 Å². The van der Waals surface area contributed by atoms with Gasteiger partial charge < -0.3 is 5.32 Å². The Bertz CT molecular complexity index is 1070. The molecule has 4 aliphatic rings. The summed E-state index contributed by atoms with van der Waals surface area (Å²) in [4.78, 5) is 31.1. The molecular weight excluding hydrogens is 418 g/mol. The van der Waals surface area contributed by atoms with E-state index in [1.165, 1.54) is 0 Å². The monoisotopic (exact) mass is 445 g/mol. The lowest BCUT2D eigenvalue weighted by atomic mass is 9.70. The van der Waals surface area contributed by atoms with Gasteiger partial charge in [0, 0.05) is 48.1 Å². The molecule has 0 aromatic carbocycles. The van der Waals surface area contributed by atoms with E-state index in [9.17, 15) is 10.1 Å². The van der Waals surface area contributed by atoms with Crippen molar-refractivity contribution < 1.29 is 4.79 Å². The van der Waals surface area contributed by atoms with E-state index in [-0.39, 0.29) is 36.1 Å². The van der Waals surface area contributed by atoms with Crippen molar-refractivity contribution >= 4 is 5.91 Å². The Morgan fingerprint density at radius 2 is 1.85 bits per heavy atom. The van der Waals surface area contributed by atoms with Crippen LogP contribution in [0.3, 0.4) is 0 Å². The average Bonchev–Trinajstić information content (AvgIpc) is 3.59. The third-order valence-electron chi connectivity index (χ3n) is 7.58. The van der Waals surface area contributed by atoms with Gasteiger partial charge in [-0.15, -0.1) is 0 Å². The average molecular weight is 446 g/mol. The van der Waals surface area contributed by atoms with Crippen molar-refractivity contribution in [2.24, 2.45) is 11.8 Å². The van der Waals surface area contributed by atoms with Crippen molar-refractivity contribution in [3.8, 4) is 6.07 Å². The van der Waals surface area contributed by atoms with Gasteiger partial charge in [-0.3, -0.25) is 10.1 Å². The predicted molar refractivity (Wildman–Crippen MR) is 117 cm³/mol. The maximum atomic E-state index is 13.1. The van der Waals surface area contributed by atoms with E-state index in [0.29, 0.717) is 5.92 Å². The largest absolute Gasteiger partial charge is 0.340 e. The van der Waals surface area contributed by atoms with Crippen molar-refractivity contribution in [3.63, 3.8) is 0 Å². The molecule has 10 nitrogen and oxygen atoms in total. The first-order chi connectivity index (χ1) is 16.1. The second-order valence-corrected chi connectivity index (χ2v) is 9.55. The summed E-state index contributed by atoms with van der Waals surface area (Å²) in [6, 6.07) is 3.36. The number of rotatable bonds is 5. The number of carbonyl (C=O) groups is 1. The highest BCUT2D eigenvalue weighted by atomic mass is 16.2. The van der Waals surface area contributed by atoms with Crippen molar-refractivity contribution in [1.82, 2.24) is 41.0 Å². The van der Waals surface area contributed by atoms with Crippen LogP contribution in [0.2, 0.25) is 0 Å². The molecule has 1 amide bonds. The van der Waals surface area contributed by atoms with Gasteiger partial charge in [-0.1, -0.05) is 0 Å². The molecule has 170 valence electrons. The Hall–Kier alpha value is -3.00. The first-order valence-corrected chi connectivity index (χ1v) is 11.7. The number of fused-ring (bicyclic) bond motifs is 1. The second kappa shape index (κ2) is 8.09. The van der Waals surface area contributed by atoms with E-state index in [0.717, 1.165) is 42.9 Å².